The number of rotatable bonds is 4. The number of nitro groups is 1. The van der Waals surface area contributed by atoms with Gasteiger partial charge in [0.2, 0.25) is 0 Å². The molecule has 0 bridgehead atoms. The van der Waals surface area contributed by atoms with Gasteiger partial charge in [0.05, 0.1) is 20.7 Å². The van der Waals surface area contributed by atoms with Gasteiger partial charge in [0.25, 0.3) is 5.69 Å². The van der Waals surface area contributed by atoms with Gasteiger partial charge in [0, 0.05) is 18.2 Å². The predicted molar refractivity (Wildman–Crippen MR) is 76.4 cm³/mol. The summed E-state index contributed by atoms with van der Waals surface area (Å²) in [5, 5.41) is 18.2. The zero-order valence-corrected chi connectivity index (χ0v) is 12.2. The molecule has 0 unspecified atom stereocenters. The molecule has 0 saturated heterocycles. The standard InChI is InChI=1S/C12H11Cl2N3O3/c1-6-8(7(2)20-16-6)5-15-11-3-9(13)10(14)4-12(11)17(18)19/h3-4,15H,5H2,1-2H3. The predicted octanol–water partition coefficient (Wildman–Crippen LogP) is 4.12. The highest BCUT2D eigenvalue weighted by Crippen LogP contribution is 2.34. The molecule has 2 aromatic rings. The van der Waals surface area contributed by atoms with Gasteiger partial charge < -0.3 is 9.84 Å². The van der Waals surface area contributed by atoms with Crippen molar-refractivity contribution in [1.82, 2.24) is 5.16 Å². The number of anilines is 1. The lowest BCUT2D eigenvalue weighted by Gasteiger charge is -2.08. The van der Waals surface area contributed by atoms with Crippen LogP contribution in [0.5, 0.6) is 0 Å². The average Bonchev–Trinajstić information content (AvgIpc) is 2.70. The van der Waals surface area contributed by atoms with Crippen LogP contribution in [0.4, 0.5) is 11.4 Å². The molecule has 1 N–H and O–H groups in total. The van der Waals surface area contributed by atoms with Gasteiger partial charge in [-0.15, -0.1) is 0 Å². The van der Waals surface area contributed by atoms with Crippen LogP contribution in [0.1, 0.15) is 17.0 Å². The topological polar surface area (TPSA) is 81.2 Å². The summed E-state index contributed by atoms with van der Waals surface area (Å²) in [6, 6.07) is 2.65. The largest absolute Gasteiger partial charge is 0.375 e. The summed E-state index contributed by atoms with van der Waals surface area (Å²) >= 11 is 11.7. The smallest absolute Gasteiger partial charge is 0.293 e. The quantitative estimate of drug-likeness (QED) is 0.678. The zero-order chi connectivity index (χ0) is 14.9. The van der Waals surface area contributed by atoms with Gasteiger partial charge in [0.15, 0.2) is 0 Å². The fourth-order valence-electron chi connectivity index (χ4n) is 1.77. The van der Waals surface area contributed by atoms with Crippen LogP contribution >= 0.6 is 23.2 Å². The molecule has 0 spiro atoms. The summed E-state index contributed by atoms with van der Waals surface area (Å²) < 4.78 is 5.03. The first-order chi connectivity index (χ1) is 9.40. The summed E-state index contributed by atoms with van der Waals surface area (Å²) in [6.07, 6.45) is 0. The Kier molecular flexibility index (Phi) is 4.15. The number of benzene rings is 1. The summed E-state index contributed by atoms with van der Waals surface area (Å²) in [5.74, 6) is 0.665. The third-order valence-electron chi connectivity index (χ3n) is 2.87. The minimum atomic E-state index is -0.516. The van der Waals surface area contributed by atoms with Crippen molar-refractivity contribution in [3.05, 3.63) is 49.3 Å². The highest BCUT2D eigenvalue weighted by molar-refractivity contribution is 6.42. The van der Waals surface area contributed by atoms with E-state index in [1.165, 1.54) is 12.1 Å². The molecule has 0 aliphatic heterocycles. The maximum atomic E-state index is 11.0. The lowest BCUT2D eigenvalue weighted by atomic mass is 10.2. The molecule has 6 nitrogen and oxygen atoms in total. The number of halogens is 2. The molecule has 106 valence electrons. The van der Waals surface area contributed by atoms with Gasteiger partial charge in [-0.05, 0) is 19.9 Å². The summed E-state index contributed by atoms with van der Waals surface area (Å²) in [4.78, 5) is 10.5. The molecule has 8 heteroatoms. The van der Waals surface area contributed by atoms with Crippen molar-refractivity contribution < 1.29 is 9.45 Å². The first kappa shape index (κ1) is 14.6. The number of nitrogens with zero attached hydrogens (tertiary/aromatic N) is 2. The Bertz CT molecular complexity index is 651. The zero-order valence-electron chi connectivity index (χ0n) is 10.7. The van der Waals surface area contributed by atoms with Gasteiger partial charge >= 0.3 is 0 Å². The molecule has 1 aromatic heterocycles. The molecule has 20 heavy (non-hydrogen) atoms. The molecular formula is C12H11Cl2N3O3. The molecule has 0 atom stereocenters. The number of nitrogens with one attached hydrogen (secondary N) is 1. The van der Waals surface area contributed by atoms with Crippen molar-refractivity contribution in [2.75, 3.05) is 5.32 Å². The van der Waals surface area contributed by atoms with Gasteiger partial charge in [-0.1, -0.05) is 28.4 Å². The summed E-state index contributed by atoms with van der Waals surface area (Å²) in [6.45, 7) is 3.93. The maximum absolute atomic E-state index is 11.0. The minimum absolute atomic E-state index is 0.133. The molecule has 1 heterocycles. The molecule has 0 aliphatic carbocycles. The van der Waals surface area contributed by atoms with Gasteiger partial charge in [0.1, 0.15) is 11.4 Å². The molecule has 1 aromatic carbocycles. The van der Waals surface area contributed by atoms with Crippen molar-refractivity contribution in [2.24, 2.45) is 0 Å². The molecule has 0 saturated carbocycles. The van der Waals surface area contributed by atoms with E-state index in [0.717, 1.165) is 11.3 Å². The average molecular weight is 316 g/mol. The van der Waals surface area contributed by atoms with E-state index in [-0.39, 0.29) is 15.7 Å². The minimum Gasteiger partial charge on any atom is -0.375 e. The van der Waals surface area contributed by atoms with E-state index in [1.54, 1.807) is 13.8 Å². The first-order valence-corrected chi connectivity index (χ1v) is 6.44. The Morgan fingerprint density at radius 2 is 2.00 bits per heavy atom. The Balaban J connectivity index is 2.29. The first-order valence-electron chi connectivity index (χ1n) is 5.69. The van der Waals surface area contributed by atoms with E-state index in [2.05, 4.69) is 10.5 Å². The Hall–Kier alpha value is -1.79. The van der Waals surface area contributed by atoms with E-state index < -0.39 is 4.92 Å². The molecule has 0 amide bonds. The van der Waals surface area contributed by atoms with Crippen molar-refractivity contribution >= 4 is 34.6 Å². The van der Waals surface area contributed by atoms with Crippen LogP contribution in [0.15, 0.2) is 16.7 Å². The highest BCUT2D eigenvalue weighted by atomic mass is 35.5. The van der Waals surface area contributed by atoms with Gasteiger partial charge in [-0.3, -0.25) is 10.1 Å². The third-order valence-corrected chi connectivity index (χ3v) is 3.59. The van der Waals surface area contributed by atoms with E-state index in [1.807, 2.05) is 0 Å². The normalized spacial score (nSPS) is 10.6. The highest BCUT2D eigenvalue weighted by Gasteiger charge is 2.18. The fourth-order valence-corrected chi connectivity index (χ4v) is 2.09. The molecule has 2 rings (SSSR count). The van der Waals surface area contributed by atoms with Gasteiger partial charge in [-0.25, -0.2) is 0 Å². The Morgan fingerprint density at radius 3 is 2.55 bits per heavy atom. The van der Waals surface area contributed by atoms with Crippen molar-refractivity contribution in [1.29, 1.82) is 0 Å². The van der Waals surface area contributed by atoms with E-state index in [0.29, 0.717) is 18.0 Å². The maximum Gasteiger partial charge on any atom is 0.293 e. The lowest BCUT2D eigenvalue weighted by Crippen LogP contribution is -2.04. The van der Waals surface area contributed by atoms with Crippen molar-refractivity contribution in [2.45, 2.75) is 20.4 Å². The number of aryl methyl sites for hydroxylation is 2. The monoisotopic (exact) mass is 315 g/mol. The van der Waals surface area contributed by atoms with E-state index in [4.69, 9.17) is 27.7 Å². The number of nitro benzene ring substituents is 1. The van der Waals surface area contributed by atoms with Gasteiger partial charge in [-0.2, -0.15) is 0 Å². The molecular weight excluding hydrogens is 305 g/mol. The Labute approximate surface area is 124 Å². The molecule has 0 fully saturated rings. The van der Waals surface area contributed by atoms with E-state index >= 15 is 0 Å². The lowest BCUT2D eigenvalue weighted by molar-refractivity contribution is -0.383. The molecule has 0 radical (unpaired) electrons. The van der Waals surface area contributed by atoms with E-state index in [9.17, 15) is 10.1 Å². The van der Waals surface area contributed by atoms with Crippen LogP contribution in [-0.4, -0.2) is 10.1 Å². The van der Waals surface area contributed by atoms with Crippen molar-refractivity contribution in [3.63, 3.8) is 0 Å². The number of aromatic nitrogens is 1. The van der Waals surface area contributed by atoms with Crippen LogP contribution in [0.3, 0.4) is 0 Å². The van der Waals surface area contributed by atoms with Crippen molar-refractivity contribution in [3.8, 4) is 0 Å². The number of hydrogen-bond acceptors (Lipinski definition) is 5. The molecule has 0 aliphatic rings. The second-order valence-corrected chi connectivity index (χ2v) is 5.01. The van der Waals surface area contributed by atoms with Crippen LogP contribution in [0, 0.1) is 24.0 Å². The second-order valence-electron chi connectivity index (χ2n) is 4.20. The van der Waals surface area contributed by atoms with Crippen LogP contribution in [-0.2, 0) is 6.54 Å². The second kappa shape index (κ2) is 5.68. The third kappa shape index (κ3) is 2.86. The van der Waals surface area contributed by atoms with Crippen LogP contribution in [0.2, 0.25) is 10.0 Å². The van der Waals surface area contributed by atoms with Crippen LogP contribution < -0.4 is 5.32 Å². The fraction of sp³-hybridized carbons (Fsp3) is 0.250. The SMILES string of the molecule is Cc1noc(C)c1CNc1cc(Cl)c(Cl)cc1[N+](=O)[O-]. The summed E-state index contributed by atoms with van der Waals surface area (Å²) in [5.41, 5.74) is 1.75. The number of hydrogen-bond donors (Lipinski definition) is 1. The summed E-state index contributed by atoms with van der Waals surface area (Å²) in [7, 11) is 0. The Morgan fingerprint density at radius 1 is 1.35 bits per heavy atom. The van der Waals surface area contributed by atoms with Crippen LogP contribution in [0.25, 0.3) is 0 Å².